The fourth-order valence-electron chi connectivity index (χ4n) is 3.65. The van der Waals surface area contributed by atoms with Crippen LogP contribution in [0.15, 0.2) is 79.1 Å². The summed E-state index contributed by atoms with van der Waals surface area (Å²) in [6.07, 6.45) is 13.5. The van der Waals surface area contributed by atoms with Gasteiger partial charge in [-0.3, -0.25) is 9.71 Å². The summed E-state index contributed by atoms with van der Waals surface area (Å²) in [7, 11) is -3.32. The molecule has 2 aromatic rings. The van der Waals surface area contributed by atoms with Crippen LogP contribution in [-0.2, 0) is 16.4 Å². The van der Waals surface area contributed by atoms with Crippen molar-refractivity contribution in [1.29, 1.82) is 0 Å². The summed E-state index contributed by atoms with van der Waals surface area (Å²) in [5.74, 6) is 0. The molecule has 1 aromatic carbocycles. The molecule has 0 bridgehead atoms. The van der Waals surface area contributed by atoms with Crippen LogP contribution in [0.5, 0.6) is 0 Å². The lowest BCUT2D eigenvalue weighted by Gasteiger charge is -2.13. The monoisotopic (exact) mass is 436 g/mol. The van der Waals surface area contributed by atoms with E-state index in [1.54, 1.807) is 6.07 Å². The summed E-state index contributed by atoms with van der Waals surface area (Å²) in [6, 6.07) is 11.6. The second-order valence-corrected chi connectivity index (χ2v) is 9.00. The van der Waals surface area contributed by atoms with Crippen molar-refractivity contribution in [3.05, 3.63) is 95.9 Å². The molecule has 0 atom stereocenters. The summed E-state index contributed by atoms with van der Waals surface area (Å²) in [4.78, 5) is 4.72. The number of benzene rings is 1. The quantitative estimate of drug-likeness (QED) is 0.532. The molecule has 0 saturated heterocycles. The van der Waals surface area contributed by atoms with Crippen molar-refractivity contribution in [2.75, 3.05) is 11.0 Å². The molecule has 0 spiro atoms. The van der Waals surface area contributed by atoms with Gasteiger partial charge in [0.2, 0.25) is 10.0 Å². The fraction of sp³-hybridized carbons (Fsp3) is 0.269. The second kappa shape index (κ2) is 11.5. The maximum atomic E-state index is 11.6. The summed E-state index contributed by atoms with van der Waals surface area (Å²) in [6.45, 7) is 10.3. The van der Waals surface area contributed by atoms with E-state index in [0.717, 1.165) is 48.8 Å². The van der Waals surface area contributed by atoms with E-state index in [4.69, 9.17) is 4.98 Å². The van der Waals surface area contributed by atoms with Gasteiger partial charge in [0.15, 0.2) is 0 Å². The number of rotatable bonds is 6. The molecule has 1 N–H and O–H groups in total. The highest BCUT2D eigenvalue weighted by molar-refractivity contribution is 7.92. The summed E-state index contributed by atoms with van der Waals surface area (Å²) in [5, 5.41) is 0. The average Bonchev–Trinajstić information content (AvgIpc) is 2.89. The van der Waals surface area contributed by atoms with Crippen LogP contribution in [0, 0.1) is 0 Å². The van der Waals surface area contributed by atoms with Crippen molar-refractivity contribution in [2.24, 2.45) is 0 Å². The van der Waals surface area contributed by atoms with Crippen LogP contribution in [0.25, 0.3) is 11.6 Å². The molecule has 0 unspecified atom stereocenters. The SMILES string of the molecule is C=C.CC/C=C\C1=C(CC)CCc2cccnc2/C1=C/c1cccc(NS(C)(=O)=O)c1. The molecule has 0 amide bonds. The number of nitrogens with zero attached hydrogens (tertiary/aromatic N) is 1. The molecule has 164 valence electrons. The number of anilines is 1. The summed E-state index contributed by atoms with van der Waals surface area (Å²) < 4.78 is 25.8. The molecule has 3 rings (SSSR count). The Balaban J connectivity index is 0.00000166. The Hall–Kier alpha value is -2.92. The van der Waals surface area contributed by atoms with Gasteiger partial charge in [-0.15, -0.1) is 13.2 Å². The van der Waals surface area contributed by atoms with Gasteiger partial charge in [-0.25, -0.2) is 8.42 Å². The van der Waals surface area contributed by atoms with Gasteiger partial charge >= 0.3 is 0 Å². The second-order valence-electron chi connectivity index (χ2n) is 7.25. The zero-order valence-electron chi connectivity index (χ0n) is 18.7. The Morgan fingerprint density at radius 3 is 2.58 bits per heavy atom. The number of hydrogen-bond acceptors (Lipinski definition) is 3. The van der Waals surface area contributed by atoms with Gasteiger partial charge in [0.25, 0.3) is 0 Å². The smallest absolute Gasteiger partial charge is 0.229 e. The molecule has 1 heterocycles. The first-order valence-electron chi connectivity index (χ1n) is 10.5. The molecule has 0 aliphatic heterocycles. The van der Waals surface area contributed by atoms with Gasteiger partial charge in [0.05, 0.1) is 11.9 Å². The average molecular weight is 437 g/mol. The minimum absolute atomic E-state index is 0.557. The fourth-order valence-corrected chi connectivity index (χ4v) is 4.21. The Morgan fingerprint density at radius 2 is 1.90 bits per heavy atom. The van der Waals surface area contributed by atoms with E-state index >= 15 is 0 Å². The minimum atomic E-state index is -3.32. The molecule has 4 nitrogen and oxygen atoms in total. The predicted octanol–water partition coefficient (Wildman–Crippen LogP) is 6.41. The third-order valence-corrected chi connectivity index (χ3v) is 5.57. The standard InChI is InChI=1S/C24H28N2O2S.C2H4/c1-4-6-12-22-19(5-2)13-14-20-10-8-15-25-24(20)23(22)17-18-9-7-11-21(16-18)26-29(3,27)28;1-2/h6-12,15-17,26H,4-5,13-14H2,1-3H3;1-2H2/b12-6-,23-17+;. The van der Waals surface area contributed by atoms with Crippen LogP contribution in [0.1, 0.15) is 49.9 Å². The number of fused-ring (bicyclic) bond motifs is 1. The van der Waals surface area contributed by atoms with Gasteiger partial charge in [0, 0.05) is 17.5 Å². The van der Waals surface area contributed by atoms with E-state index in [1.807, 2.05) is 30.5 Å². The van der Waals surface area contributed by atoms with Gasteiger partial charge in [0.1, 0.15) is 0 Å². The Bertz CT molecular complexity index is 1100. The van der Waals surface area contributed by atoms with Crippen LogP contribution in [0.3, 0.4) is 0 Å². The van der Waals surface area contributed by atoms with Crippen LogP contribution in [0.2, 0.25) is 0 Å². The van der Waals surface area contributed by atoms with Gasteiger partial charge in [-0.1, -0.05) is 49.8 Å². The summed E-state index contributed by atoms with van der Waals surface area (Å²) in [5.41, 5.74) is 7.49. The molecule has 0 radical (unpaired) electrons. The van der Waals surface area contributed by atoms with Crippen molar-refractivity contribution >= 4 is 27.4 Å². The van der Waals surface area contributed by atoms with Gasteiger partial charge < -0.3 is 0 Å². The van der Waals surface area contributed by atoms with Crippen molar-refractivity contribution in [1.82, 2.24) is 4.98 Å². The first-order valence-corrected chi connectivity index (χ1v) is 12.4. The molecular formula is C26H32N2O2S. The number of aromatic nitrogens is 1. The molecule has 1 aromatic heterocycles. The zero-order valence-corrected chi connectivity index (χ0v) is 19.5. The Morgan fingerprint density at radius 1 is 1.13 bits per heavy atom. The number of pyridine rings is 1. The first-order chi connectivity index (χ1) is 14.9. The molecule has 1 aliphatic rings. The third kappa shape index (κ3) is 6.79. The van der Waals surface area contributed by atoms with Gasteiger partial charge in [-0.2, -0.15) is 0 Å². The molecular weight excluding hydrogens is 404 g/mol. The van der Waals surface area contributed by atoms with E-state index in [9.17, 15) is 8.42 Å². The lowest BCUT2D eigenvalue weighted by atomic mass is 9.93. The van der Waals surface area contributed by atoms with Crippen LogP contribution >= 0.6 is 0 Å². The third-order valence-electron chi connectivity index (χ3n) is 4.96. The normalized spacial score (nSPS) is 15.3. The van der Waals surface area contributed by atoms with Crippen LogP contribution in [-0.4, -0.2) is 19.7 Å². The van der Waals surface area contributed by atoms with E-state index in [2.05, 4.69) is 56.0 Å². The van der Waals surface area contributed by atoms with E-state index in [1.165, 1.54) is 16.7 Å². The van der Waals surface area contributed by atoms with E-state index < -0.39 is 10.0 Å². The lowest BCUT2D eigenvalue weighted by Crippen LogP contribution is -2.09. The number of hydrogen-bond donors (Lipinski definition) is 1. The molecule has 31 heavy (non-hydrogen) atoms. The molecule has 1 aliphatic carbocycles. The van der Waals surface area contributed by atoms with Gasteiger partial charge in [-0.05, 0) is 66.7 Å². The van der Waals surface area contributed by atoms with Crippen molar-refractivity contribution in [3.63, 3.8) is 0 Å². The number of nitrogens with one attached hydrogen (secondary N) is 1. The Kier molecular flexibility index (Phi) is 9.01. The topological polar surface area (TPSA) is 59.1 Å². The summed E-state index contributed by atoms with van der Waals surface area (Å²) >= 11 is 0. The minimum Gasteiger partial charge on any atom is -0.284 e. The highest BCUT2D eigenvalue weighted by atomic mass is 32.2. The first kappa shape index (κ1) is 24.4. The number of allylic oxidation sites excluding steroid dienone is 5. The lowest BCUT2D eigenvalue weighted by molar-refractivity contribution is 0.607. The van der Waals surface area contributed by atoms with Crippen molar-refractivity contribution in [3.8, 4) is 0 Å². The van der Waals surface area contributed by atoms with Crippen LogP contribution < -0.4 is 4.72 Å². The molecule has 0 fully saturated rings. The van der Waals surface area contributed by atoms with E-state index in [-0.39, 0.29) is 0 Å². The highest BCUT2D eigenvalue weighted by Gasteiger charge is 2.19. The molecule has 0 saturated carbocycles. The Labute approximate surface area is 187 Å². The highest BCUT2D eigenvalue weighted by Crippen LogP contribution is 2.36. The predicted molar refractivity (Wildman–Crippen MR) is 133 cm³/mol. The van der Waals surface area contributed by atoms with Crippen molar-refractivity contribution in [2.45, 2.75) is 39.5 Å². The van der Waals surface area contributed by atoms with Crippen LogP contribution in [0.4, 0.5) is 5.69 Å². The largest absolute Gasteiger partial charge is 0.284 e. The molecule has 5 heteroatoms. The number of sulfonamides is 1. The number of aryl methyl sites for hydroxylation is 1. The van der Waals surface area contributed by atoms with Crippen molar-refractivity contribution < 1.29 is 8.42 Å². The maximum Gasteiger partial charge on any atom is 0.229 e. The zero-order chi connectivity index (χ0) is 22.9. The van der Waals surface area contributed by atoms with E-state index in [0.29, 0.717) is 5.69 Å². The maximum absolute atomic E-state index is 11.6.